The number of benzene rings is 1. The van der Waals surface area contributed by atoms with E-state index in [4.69, 9.17) is 5.73 Å². The number of carbonyl (C=O) groups is 2. The van der Waals surface area contributed by atoms with Crippen LogP contribution in [-0.2, 0) is 22.4 Å². The Balaban J connectivity index is 1.49. The molecule has 7 N–H and O–H groups in total. The Labute approximate surface area is 297 Å². The van der Waals surface area contributed by atoms with Gasteiger partial charge in [0.15, 0.2) is 5.78 Å². The lowest BCUT2D eigenvalue weighted by atomic mass is 9.45. The highest BCUT2D eigenvalue weighted by molar-refractivity contribution is 5.97. The van der Waals surface area contributed by atoms with Crippen molar-refractivity contribution in [3.8, 4) is 0 Å². The van der Waals surface area contributed by atoms with Crippen LogP contribution in [0.25, 0.3) is 0 Å². The minimum atomic E-state index is -1.13. The molecule has 0 radical (unpaired) electrons. The molecule has 4 aliphatic rings. The van der Waals surface area contributed by atoms with Crippen LogP contribution in [0.1, 0.15) is 108 Å². The number of Topliss-reactive ketones (excluding diaryl/α,β-unsaturated/α-hetero) is 1. The molecule has 8 heteroatoms. The molecule has 7 atom stereocenters. The summed E-state index contributed by atoms with van der Waals surface area (Å²) in [5, 5.41) is 48.6. The molecular weight excluding hydrogens is 628 g/mol. The van der Waals surface area contributed by atoms with Crippen molar-refractivity contribution in [3.63, 3.8) is 0 Å². The van der Waals surface area contributed by atoms with Crippen molar-refractivity contribution in [2.45, 2.75) is 116 Å². The van der Waals surface area contributed by atoms with E-state index in [1.54, 1.807) is 0 Å². The van der Waals surface area contributed by atoms with E-state index in [0.717, 1.165) is 59.1 Å². The minimum Gasteiger partial charge on any atom is -0.396 e. The van der Waals surface area contributed by atoms with Crippen molar-refractivity contribution >= 4 is 11.7 Å². The Morgan fingerprint density at radius 1 is 1.18 bits per heavy atom. The molecule has 3 fully saturated rings. The molecule has 3 aliphatic carbocycles. The van der Waals surface area contributed by atoms with Crippen molar-refractivity contribution in [2.24, 2.45) is 28.9 Å². The second kappa shape index (κ2) is 16.0. The fourth-order valence-corrected chi connectivity index (χ4v) is 10.1. The topological polar surface area (TPSA) is 153 Å². The number of nitrogens with two attached hydrogens (primary N) is 1. The van der Waals surface area contributed by atoms with Gasteiger partial charge in [0.2, 0.25) is 5.91 Å². The molecular formula is C42H58N2O6. The monoisotopic (exact) mass is 686 g/mol. The van der Waals surface area contributed by atoms with Gasteiger partial charge < -0.3 is 31.5 Å². The second-order valence-corrected chi connectivity index (χ2v) is 15.5. The first-order valence-electron chi connectivity index (χ1n) is 18.6. The van der Waals surface area contributed by atoms with Gasteiger partial charge in [-0.3, -0.25) is 9.59 Å². The van der Waals surface area contributed by atoms with Crippen LogP contribution >= 0.6 is 0 Å². The molecule has 3 saturated carbocycles. The summed E-state index contributed by atoms with van der Waals surface area (Å²) in [7, 11) is 0. The highest BCUT2D eigenvalue weighted by atomic mass is 16.3. The van der Waals surface area contributed by atoms with Gasteiger partial charge in [0.05, 0.1) is 24.7 Å². The largest absolute Gasteiger partial charge is 0.396 e. The Hall–Kier alpha value is -3.14. The first-order chi connectivity index (χ1) is 23.9. The zero-order valence-corrected chi connectivity index (χ0v) is 30.2. The number of amides is 1. The van der Waals surface area contributed by atoms with Gasteiger partial charge in [-0.15, -0.1) is 0 Å². The first kappa shape index (κ1) is 38.1. The molecule has 7 unspecified atom stereocenters. The summed E-state index contributed by atoms with van der Waals surface area (Å²) in [5.41, 5.74) is 11.2. The van der Waals surface area contributed by atoms with Crippen LogP contribution in [-0.4, -0.2) is 57.0 Å². The maximum atomic E-state index is 14.2. The molecule has 0 aromatic heterocycles. The fraction of sp³-hybridized carbons (Fsp3) is 0.571. The van der Waals surface area contributed by atoms with Gasteiger partial charge in [-0.2, -0.15) is 0 Å². The standard InChI is InChI=1S/C42H58N2O6/c1-26(2)10-5-11-27(3)12-6-14-30(25-46)35-23-31-15-8-19-41(50)20-18-32(36(17-9-21-45)42(31,41)39(35)49)28(4)37(47)22-29-13-7-16-33-34(29)24-38(48)44-40(33)43/h6-7,10,12-14,16,31,35-36,39-40,45-46,49-50H,3,5,8-9,11,15,17-25,43H2,1-2,4H3,(H,44,48). The molecule has 1 amide bonds. The predicted molar refractivity (Wildman–Crippen MR) is 197 cm³/mol. The van der Waals surface area contributed by atoms with E-state index < -0.39 is 23.3 Å². The molecule has 1 spiro atoms. The van der Waals surface area contributed by atoms with Crippen LogP contribution in [0.15, 0.2) is 76.9 Å². The van der Waals surface area contributed by atoms with E-state index in [-0.39, 0.29) is 55.5 Å². The van der Waals surface area contributed by atoms with Crippen LogP contribution in [0.5, 0.6) is 0 Å². The SMILES string of the molecule is C=C(C=CC=C(CO)C1CC2CCCC3(O)CCC(=C(C)C(=O)Cc4cccc5c4CC(=O)NC5N)C(CCCO)C23C1O)CCC=C(C)C. The molecule has 0 saturated heterocycles. The van der Waals surface area contributed by atoms with Gasteiger partial charge in [0.1, 0.15) is 6.17 Å². The lowest BCUT2D eigenvalue weighted by molar-refractivity contribution is -0.215. The number of hydrogen-bond donors (Lipinski definition) is 6. The molecule has 8 nitrogen and oxygen atoms in total. The Morgan fingerprint density at radius 3 is 2.68 bits per heavy atom. The van der Waals surface area contributed by atoms with E-state index in [1.807, 2.05) is 43.4 Å². The second-order valence-electron chi connectivity index (χ2n) is 15.5. The van der Waals surface area contributed by atoms with Crippen LogP contribution < -0.4 is 11.1 Å². The van der Waals surface area contributed by atoms with Crippen molar-refractivity contribution in [1.29, 1.82) is 0 Å². The third-order valence-corrected chi connectivity index (χ3v) is 12.4. The number of hydrogen-bond acceptors (Lipinski definition) is 7. The van der Waals surface area contributed by atoms with Gasteiger partial charge in [0.25, 0.3) is 0 Å². The maximum absolute atomic E-state index is 14.2. The smallest absolute Gasteiger partial charge is 0.225 e. The van der Waals surface area contributed by atoms with Gasteiger partial charge in [-0.1, -0.05) is 72.2 Å². The highest BCUT2D eigenvalue weighted by Crippen LogP contribution is 2.69. The van der Waals surface area contributed by atoms with Crippen LogP contribution in [0.2, 0.25) is 0 Å². The Kier molecular flexibility index (Phi) is 12.2. The average molecular weight is 687 g/mol. The lowest BCUT2D eigenvalue weighted by Crippen LogP contribution is -2.65. The number of aliphatic hydroxyl groups excluding tert-OH is 3. The molecule has 50 heavy (non-hydrogen) atoms. The number of aliphatic hydroxyl groups is 4. The zero-order chi connectivity index (χ0) is 36.2. The van der Waals surface area contributed by atoms with Gasteiger partial charge >= 0.3 is 0 Å². The predicted octanol–water partition coefficient (Wildman–Crippen LogP) is 5.60. The van der Waals surface area contributed by atoms with E-state index >= 15 is 0 Å². The lowest BCUT2D eigenvalue weighted by Gasteiger charge is -2.61. The van der Waals surface area contributed by atoms with E-state index in [0.29, 0.717) is 44.1 Å². The van der Waals surface area contributed by atoms with E-state index in [9.17, 15) is 30.0 Å². The van der Waals surface area contributed by atoms with Gasteiger partial charge in [-0.25, -0.2) is 0 Å². The summed E-state index contributed by atoms with van der Waals surface area (Å²) in [4.78, 5) is 26.5. The zero-order valence-electron chi connectivity index (χ0n) is 30.2. The summed E-state index contributed by atoms with van der Waals surface area (Å²) in [6, 6.07) is 5.65. The Morgan fingerprint density at radius 2 is 1.96 bits per heavy atom. The highest BCUT2D eigenvalue weighted by Gasteiger charge is 2.70. The molecule has 0 bridgehead atoms. The van der Waals surface area contributed by atoms with Gasteiger partial charge in [-0.05, 0) is 118 Å². The average Bonchev–Trinajstić information content (AvgIpc) is 3.37. The molecule has 1 heterocycles. The van der Waals surface area contributed by atoms with Crippen molar-refractivity contribution in [2.75, 3.05) is 13.2 Å². The van der Waals surface area contributed by atoms with Crippen molar-refractivity contribution in [3.05, 3.63) is 93.6 Å². The normalized spacial score (nSPS) is 31.8. The fourth-order valence-electron chi connectivity index (χ4n) is 10.1. The summed E-state index contributed by atoms with van der Waals surface area (Å²) in [6.45, 7) is 9.96. The van der Waals surface area contributed by atoms with E-state index in [1.165, 1.54) is 5.57 Å². The summed E-state index contributed by atoms with van der Waals surface area (Å²) < 4.78 is 0. The molecule has 5 rings (SSSR count). The molecule has 1 aliphatic heterocycles. The summed E-state index contributed by atoms with van der Waals surface area (Å²) in [5.74, 6) is -0.888. The molecule has 272 valence electrons. The van der Waals surface area contributed by atoms with E-state index in [2.05, 4.69) is 31.8 Å². The van der Waals surface area contributed by atoms with Crippen LogP contribution in [0, 0.1) is 23.2 Å². The quantitative estimate of drug-likeness (QED) is 0.0897. The van der Waals surface area contributed by atoms with Crippen molar-refractivity contribution < 1.29 is 30.0 Å². The molecule has 1 aromatic rings. The van der Waals surface area contributed by atoms with Crippen molar-refractivity contribution in [1.82, 2.24) is 5.32 Å². The number of carbonyl (C=O) groups excluding carboxylic acids is 2. The number of allylic oxidation sites excluding steroid dienone is 8. The number of rotatable bonds is 13. The molecule has 1 aromatic carbocycles. The minimum absolute atomic E-state index is 0.0118. The third-order valence-electron chi connectivity index (χ3n) is 12.4. The van der Waals surface area contributed by atoms with Gasteiger partial charge in [0, 0.05) is 24.4 Å². The first-order valence-corrected chi connectivity index (χ1v) is 18.6. The maximum Gasteiger partial charge on any atom is 0.225 e. The number of fused-ring (bicyclic) bond motifs is 1. The van der Waals surface area contributed by atoms with Crippen LogP contribution in [0.3, 0.4) is 0 Å². The summed E-state index contributed by atoms with van der Waals surface area (Å²) in [6.07, 6.45) is 13.4. The Bertz CT molecular complexity index is 1580. The summed E-state index contributed by atoms with van der Waals surface area (Å²) >= 11 is 0. The van der Waals surface area contributed by atoms with Crippen LogP contribution in [0.4, 0.5) is 0 Å². The third kappa shape index (κ3) is 7.28. The number of nitrogens with one attached hydrogen (secondary N) is 1. The number of ketones is 1.